The molecule has 0 radical (unpaired) electrons. The minimum absolute atomic E-state index is 0.00685. The van der Waals surface area contributed by atoms with Gasteiger partial charge >= 0.3 is 0 Å². The summed E-state index contributed by atoms with van der Waals surface area (Å²) in [5.74, 6) is 0. The normalized spacial score (nSPS) is 14.9. The largest absolute Gasteiger partial charge is 0.396 e. The minimum Gasteiger partial charge on any atom is -0.396 e. The minimum atomic E-state index is -3.37. The topological polar surface area (TPSA) is 60.9 Å². The van der Waals surface area contributed by atoms with E-state index < -0.39 is 10.2 Å². The van der Waals surface area contributed by atoms with Crippen LogP contribution < -0.4 is 0 Å². The smallest absolute Gasteiger partial charge is 0.281 e. The van der Waals surface area contributed by atoms with Gasteiger partial charge in [-0.2, -0.15) is 17.0 Å². The molecule has 1 atom stereocenters. The third kappa shape index (κ3) is 4.06. The van der Waals surface area contributed by atoms with E-state index in [-0.39, 0.29) is 12.6 Å². The standard InChI is InChI=1S/C9H22N2O3S/c1-5-9(2)11(4)15(13,14)10(3)7-6-8-12/h9,12H,5-8H2,1-4H3. The van der Waals surface area contributed by atoms with Crippen molar-refractivity contribution in [3.63, 3.8) is 0 Å². The Hall–Kier alpha value is -0.170. The maximum Gasteiger partial charge on any atom is 0.281 e. The summed E-state index contributed by atoms with van der Waals surface area (Å²) < 4.78 is 26.5. The summed E-state index contributed by atoms with van der Waals surface area (Å²) in [7, 11) is -0.253. The van der Waals surface area contributed by atoms with E-state index in [0.717, 1.165) is 6.42 Å². The van der Waals surface area contributed by atoms with Crippen LogP contribution in [0.1, 0.15) is 26.7 Å². The summed E-state index contributed by atoms with van der Waals surface area (Å²) in [4.78, 5) is 0. The van der Waals surface area contributed by atoms with Gasteiger partial charge in [-0.05, 0) is 19.8 Å². The zero-order valence-electron chi connectivity index (χ0n) is 9.97. The fourth-order valence-electron chi connectivity index (χ4n) is 1.11. The second kappa shape index (κ2) is 6.42. The summed E-state index contributed by atoms with van der Waals surface area (Å²) in [6.07, 6.45) is 1.24. The predicted octanol–water partition coefficient (Wildman–Crippen LogP) is 0.276. The molecule has 0 aliphatic rings. The molecule has 15 heavy (non-hydrogen) atoms. The predicted molar refractivity (Wildman–Crippen MR) is 60.8 cm³/mol. The van der Waals surface area contributed by atoms with Crippen LogP contribution in [0.25, 0.3) is 0 Å². The Morgan fingerprint density at radius 2 is 1.87 bits per heavy atom. The van der Waals surface area contributed by atoms with Crippen molar-refractivity contribution in [3.05, 3.63) is 0 Å². The van der Waals surface area contributed by atoms with Crippen molar-refractivity contribution in [2.24, 2.45) is 0 Å². The summed E-state index contributed by atoms with van der Waals surface area (Å²) in [6, 6.07) is -0.00780. The first-order valence-electron chi connectivity index (χ1n) is 5.18. The molecule has 1 N–H and O–H groups in total. The molecule has 92 valence electrons. The lowest BCUT2D eigenvalue weighted by Crippen LogP contribution is -2.44. The van der Waals surface area contributed by atoms with Crippen molar-refractivity contribution < 1.29 is 13.5 Å². The summed E-state index contributed by atoms with van der Waals surface area (Å²) in [5.41, 5.74) is 0. The Morgan fingerprint density at radius 3 is 2.27 bits per heavy atom. The van der Waals surface area contributed by atoms with E-state index in [1.165, 1.54) is 15.7 Å². The zero-order valence-corrected chi connectivity index (χ0v) is 10.8. The SMILES string of the molecule is CCC(C)N(C)S(=O)(=O)N(C)CCCO. The van der Waals surface area contributed by atoms with Crippen LogP contribution in [-0.2, 0) is 10.2 Å². The van der Waals surface area contributed by atoms with Gasteiger partial charge in [0.05, 0.1) is 0 Å². The van der Waals surface area contributed by atoms with E-state index >= 15 is 0 Å². The molecule has 0 aromatic rings. The Morgan fingerprint density at radius 1 is 1.33 bits per heavy atom. The first kappa shape index (κ1) is 14.8. The highest BCUT2D eigenvalue weighted by molar-refractivity contribution is 7.86. The lowest BCUT2D eigenvalue weighted by atomic mass is 10.3. The summed E-state index contributed by atoms with van der Waals surface area (Å²) >= 11 is 0. The number of hydrogen-bond donors (Lipinski definition) is 1. The quantitative estimate of drug-likeness (QED) is 0.693. The number of nitrogens with zero attached hydrogens (tertiary/aromatic N) is 2. The van der Waals surface area contributed by atoms with Crippen LogP contribution >= 0.6 is 0 Å². The fraction of sp³-hybridized carbons (Fsp3) is 1.00. The summed E-state index contributed by atoms with van der Waals surface area (Å²) in [5, 5.41) is 8.64. The lowest BCUT2D eigenvalue weighted by molar-refractivity contribution is 0.269. The highest BCUT2D eigenvalue weighted by atomic mass is 32.2. The molecule has 0 amide bonds. The molecule has 6 heteroatoms. The Balaban J connectivity index is 4.52. The first-order chi connectivity index (χ1) is 6.87. The van der Waals surface area contributed by atoms with Crippen LogP contribution in [0, 0.1) is 0 Å². The van der Waals surface area contributed by atoms with Crippen LogP contribution in [0.4, 0.5) is 0 Å². The summed E-state index contributed by atoms with van der Waals surface area (Å²) in [6.45, 7) is 4.17. The molecule has 0 aromatic carbocycles. The Bertz CT molecular complexity index is 267. The maximum atomic E-state index is 11.9. The zero-order chi connectivity index (χ0) is 12.1. The molecule has 0 heterocycles. The van der Waals surface area contributed by atoms with E-state index in [1.807, 2.05) is 13.8 Å². The first-order valence-corrected chi connectivity index (χ1v) is 6.57. The van der Waals surface area contributed by atoms with Gasteiger partial charge in [0.15, 0.2) is 0 Å². The molecule has 0 rings (SSSR count). The van der Waals surface area contributed by atoms with E-state index in [0.29, 0.717) is 13.0 Å². The van der Waals surface area contributed by atoms with Gasteiger partial charge in [-0.25, -0.2) is 0 Å². The van der Waals surface area contributed by atoms with Crippen LogP contribution in [0.15, 0.2) is 0 Å². The van der Waals surface area contributed by atoms with Crippen LogP contribution in [0.5, 0.6) is 0 Å². The molecule has 0 saturated heterocycles. The van der Waals surface area contributed by atoms with E-state index in [4.69, 9.17) is 5.11 Å². The monoisotopic (exact) mass is 238 g/mol. The molecule has 1 unspecified atom stereocenters. The van der Waals surface area contributed by atoms with Crippen molar-refractivity contribution in [1.82, 2.24) is 8.61 Å². The molecule has 0 aromatic heterocycles. The number of rotatable bonds is 7. The number of aliphatic hydroxyl groups is 1. The molecular weight excluding hydrogens is 216 g/mol. The van der Waals surface area contributed by atoms with Crippen LogP contribution in [0.3, 0.4) is 0 Å². The molecule has 0 spiro atoms. The van der Waals surface area contributed by atoms with Crippen LogP contribution in [-0.4, -0.2) is 55.4 Å². The van der Waals surface area contributed by atoms with Gasteiger partial charge in [0.25, 0.3) is 10.2 Å². The molecular formula is C9H22N2O3S. The number of aliphatic hydroxyl groups excluding tert-OH is 1. The lowest BCUT2D eigenvalue weighted by Gasteiger charge is -2.28. The fourth-order valence-corrected chi connectivity index (χ4v) is 2.52. The van der Waals surface area contributed by atoms with Gasteiger partial charge < -0.3 is 5.11 Å². The van der Waals surface area contributed by atoms with E-state index in [2.05, 4.69) is 0 Å². The van der Waals surface area contributed by atoms with Gasteiger partial charge in [-0.3, -0.25) is 0 Å². The van der Waals surface area contributed by atoms with Gasteiger partial charge in [0, 0.05) is 33.3 Å². The van der Waals surface area contributed by atoms with Crippen molar-refractivity contribution in [2.45, 2.75) is 32.7 Å². The van der Waals surface area contributed by atoms with E-state index in [9.17, 15) is 8.42 Å². The molecule has 0 aliphatic heterocycles. The third-order valence-corrected chi connectivity index (χ3v) is 4.66. The van der Waals surface area contributed by atoms with Gasteiger partial charge in [0.2, 0.25) is 0 Å². The number of hydrogen-bond acceptors (Lipinski definition) is 3. The van der Waals surface area contributed by atoms with Crippen molar-refractivity contribution in [2.75, 3.05) is 27.2 Å². The molecule has 0 saturated carbocycles. The molecule has 5 nitrogen and oxygen atoms in total. The average molecular weight is 238 g/mol. The molecule has 0 bridgehead atoms. The molecule has 0 fully saturated rings. The highest BCUT2D eigenvalue weighted by Gasteiger charge is 2.26. The van der Waals surface area contributed by atoms with E-state index in [1.54, 1.807) is 7.05 Å². The van der Waals surface area contributed by atoms with Crippen molar-refractivity contribution in [1.29, 1.82) is 0 Å². The Labute approximate surface area is 92.9 Å². The van der Waals surface area contributed by atoms with Gasteiger partial charge in [-0.15, -0.1) is 0 Å². The maximum absolute atomic E-state index is 11.9. The van der Waals surface area contributed by atoms with Crippen LogP contribution in [0.2, 0.25) is 0 Å². The van der Waals surface area contributed by atoms with Crippen molar-refractivity contribution >= 4 is 10.2 Å². The van der Waals surface area contributed by atoms with Gasteiger partial charge in [0.1, 0.15) is 0 Å². The third-order valence-electron chi connectivity index (χ3n) is 2.60. The van der Waals surface area contributed by atoms with Gasteiger partial charge in [-0.1, -0.05) is 6.92 Å². The highest BCUT2D eigenvalue weighted by Crippen LogP contribution is 2.10. The average Bonchev–Trinajstić information content (AvgIpc) is 2.23. The second-order valence-electron chi connectivity index (χ2n) is 3.68. The van der Waals surface area contributed by atoms with Crippen molar-refractivity contribution in [3.8, 4) is 0 Å². The Kier molecular flexibility index (Phi) is 6.35. The second-order valence-corrected chi connectivity index (χ2v) is 5.77. The molecule has 0 aliphatic carbocycles.